The monoisotopic (exact) mass is 376 g/mol. The van der Waals surface area contributed by atoms with E-state index in [1.54, 1.807) is 0 Å². The van der Waals surface area contributed by atoms with Gasteiger partial charge in [0.15, 0.2) is 0 Å². The number of aromatic nitrogens is 2. The minimum absolute atomic E-state index is 0. The SMILES string of the molecule is CN(CCCCCc1cc(-c2ccccc2)n[nH]1)C(=O)C1CCNC1.Cl. The number of carbonyl (C=O) groups is 1. The quantitative estimate of drug-likeness (QED) is 0.695. The molecule has 1 amide bonds. The number of unbranched alkanes of at least 4 members (excludes halogenated alkanes) is 2. The first-order valence-electron chi connectivity index (χ1n) is 9.29. The van der Waals surface area contributed by atoms with E-state index in [-0.39, 0.29) is 18.3 Å². The van der Waals surface area contributed by atoms with Gasteiger partial charge in [-0.1, -0.05) is 36.8 Å². The molecule has 1 saturated heterocycles. The van der Waals surface area contributed by atoms with Gasteiger partial charge >= 0.3 is 0 Å². The molecule has 1 atom stereocenters. The number of benzene rings is 1. The summed E-state index contributed by atoms with van der Waals surface area (Å²) in [5, 5.41) is 10.8. The Morgan fingerprint density at radius 3 is 2.77 bits per heavy atom. The number of halogens is 1. The molecule has 0 radical (unpaired) electrons. The predicted molar refractivity (Wildman–Crippen MR) is 107 cm³/mol. The molecule has 5 nitrogen and oxygen atoms in total. The molecule has 1 aromatic heterocycles. The number of aryl methyl sites for hydroxylation is 1. The molecule has 1 unspecified atom stereocenters. The van der Waals surface area contributed by atoms with Crippen LogP contribution in [-0.4, -0.2) is 47.7 Å². The fourth-order valence-electron chi connectivity index (χ4n) is 3.37. The maximum absolute atomic E-state index is 12.2. The van der Waals surface area contributed by atoms with E-state index in [1.807, 2.05) is 30.1 Å². The molecule has 1 aromatic carbocycles. The van der Waals surface area contributed by atoms with E-state index in [9.17, 15) is 4.79 Å². The number of H-pyrrole nitrogens is 1. The Labute approximate surface area is 162 Å². The summed E-state index contributed by atoms with van der Waals surface area (Å²) in [6.07, 6.45) is 5.28. The van der Waals surface area contributed by atoms with E-state index in [1.165, 1.54) is 5.69 Å². The Kier molecular flexibility index (Phi) is 8.13. The zero-order valence-electron chi connectivity index (χ0n) is 15.4. The Morgan fingerprint density at radius 1 is 1.23 bits per heavy atom. The van der Waals surface area contributed by atoms with Gasteiger partial charge in [-0.25, -0.2) is 0 Å². The van der Waals surface area contributed by atoms with Crippen LogP contribution in [-0.2, 0) is 11.2 Å². The smallest absolute Gasteiger partial charge is 0.226 e. The molecule has 3 rings (SSSR count). The topological polar surface area (TPSA) is 61.0 Å². The van der Waals surface area contributed by atoms with Crippen molar-refractivity contribution in [3.8, 4) is 11.3 Å². The standard InChI is InChI=1S/C20H28N4O.ClH/c1-24(20(25)17-11-12-21-15-17)13-7-3-6-10-18-14-19(23-22-18)16-8-4-2-5-9-16;/h2,4-5,8-9,14,17,21H,3,6-7,10-13,15H2,1H3,(H,22,23);1H. The van der Waals surface area contributed by atoms with E-state index >= 15 is 0 Å². The normalized spacial score (nSPS) is 16.3. The van der Waals surface area contributed by atoms with Crippen molar-refractivity contribution in [2.24, 2.45) is 5.92 Å². The molecule has 0 aliphatic carbocycles. The number of nitrogens with zero attached hydrogens (tertiary/aromatic N) is 2. The predicted octanol–water partition coefficient (Wildman–Crippen LogP) is 3.28. The van der Waals surface area contributed by atoms with Crippen molar-refractivity contribution in [2.75, 3.05) is 26.7 Å². The van der Waals surface area contributed by atoms with Gasteiger partial charge in [-0.15, -0.1) is 12.4 Å². The molecule has 26 heavy (non-hydrogen) atoms. The number of nitrogens with one attached hydrogen (secondary N) is 2. The fraction of sp³-hybridized carbons (Fsp3) is 0.500. The molecule has 2 aromatic rings. The van der Waals surface area contributed by atoms with E-state index in [4.69, 9.17) is 0 Å². The second-order valence-corrected chi connectivity index (χ2v) is 6.90. The number of hydrogen-bond donors (Lipinski definition) is 2. The van der Waals surface area contributed by atoms with Gasteiger partial charge in [0.1, 0.15) is 0 Å². The van der Waals surface area contributed by atoms with Crippen molar-refractivity contribution in [2.45, 2.75) is 32.1 Å². The van der Waals surface area contributed by atoms with Crippen molar-refractivity contribution in [1.82, 2.24) is 20.4 Å². The molecule has 1 fully saturated rings. The number of amides is 1. The molecule has 6 heteroatoms. The highest BCUT2D eigenvalue weighted by atomic mass is 35.5. The van der Waals surface area contributed by atoms with Crippen molar-refractivity contribution >= 4 is 18.3 Å². The largest absolute Gasteiger partial charge is 0.345 e. The zero-order chi connectivity index (χ0) is 17.5. The lowest BCUT2D eigenvalue weighted by Gasteiger charge is -2.20. The van der Waals surface area contributed by atoms with Gasteiger partial charge < -0.3 is 10.2 Å². The van der Waals surface area contributed by atoms with Crippen LogP contribution >= 0.6 is 12.4 Å². The highest BCUT2D eigenvalue weighted by Gasteiger charge is 2.24. The second kappa shape index (κ2) is 10.3. The number of carbonyl (C=O) groups excluding carboxylic acids is 1. The molecular weight excluding hydrogens is 348 g/mol. The molecule has 0 spiro atoms. The summed E-state index contributed by atoms with van der Waals surface area (Å²) >= 11 is 0. The molecule has 0 saturated carbocycles. The van der Waals surface area contributed by atoms with Gasteiger partial charge in [-0.3, -0.25) is 9.89 Å². The maximum atomic E-state index is 12.2. The lowest BCUT2D eigenvalue weighted by molar-refractivity contribution is -0.133. The van der Waals surface area contributed by atoms with Crippen molar-refractivity contribution in [3.05, 3.63) is 42.1 Å². The summed E-state index contributed by atoms with van der Waals surface area (Å²) in [6.45, 7) is 2.67. The molecule has 142 valence electrons. The van der Waals surface area contributed by atoms with Gasteiger partial charge in [-0.05, 0) is 38.3 Å². The Morgan fingerprint density at radius 2 is 2.04 bits per heavy atom. The van der Waals surface area contributed by atoms with E-state index in [2.05, 4.69) is 33.7 Å². The van der Waals surface area contributed by atoms with Gasteiger partial charge in [0, 0.05) is 31.4 Å². The molecule has 2 N–H and O–H groups in total. The van der Waals surface area contributed by atoms with E-state index < -0.39 is 0 Å². The molecule has 2 heterocycles. The Hall–Kier alpha value is -1.85. The first kappa shape index (κ1) is 20.5. The van der Waals surface area contributed by atoms with Crippen molar-refractivity contribution in [3.63, 3.8) is 0 Å². The summed E-state index contributed by atoms with van der Waals surface area (Å²) in [4.78, 5) is 14.1. The second-order valence-electron chi connectivity index (χ2n) is 6.90. The summed E-state index contributed by atoms with van der Waals surface area (Å²) in [5.41, 5.74) is 3.33. The fourth-order valence-corrected chi connectivity index (χ4v) is 3.37. The Bertz CT molecular complexity index is 667. The highest BCUT2D eigenvalue weighted by molar-refractivity contribution is 5.85. The average molecular weight is 377 g/mol. The number of aromatic amines is 1. The van der Waals surface area contributed by atoms with Gasteiger partial charge in [0.25, 0.3) is 0 Å². The summed E-state index contributed by atoms with van der Waals surface area (Å²) < 4.78 is 0. The minimum atomic E-state index is 0. The third-order valence-electron chi connectivity index (χ3n) is 4.93. The third-order valence-corrected chi connectivity index (χ3v) is 4.93. The van der Waals surface area contributed by atoms with Crippen LogP contribution in [0.5, 0.6) is 0 Å². The van der Waals surface area contributed by atoms with Crippen LogP contribution in [0.15, 0.2) is 36.4 Å². The van der Waals surface area contributed by atoms with Crippen LogP contribution in [0, 0.1) is 5.92 Å². The van der Waals surface area contributed by atoms with Crippen LogP contribution in [0.1, 0.15) is 31.4 Å². The first-order valence-corrected chi connectivity index (χ1v) is 9.29. The molecule has 0 bridgehead atoms. The average Bonchev–Trinajstić information content (AvgIpc) is 3.33. The van der Waals surface area contributed by atoms with Crippen LogP contribution in [0.25, 0.3) is 11.3 Å². The third kappa shape index (κ3) is 5.58. The van der Waals surface area contributed by atoms with E-state index in [0.717, 1.165) is 63.0 Å². The summed E-state index contributed by atoms with van der Waals surface area (Å²) in [5.74, 6) is 0.484. The molecule has 1 aliphatic rings. The van der Waals surface area contributed by atoms with Crippen molar-refractivity contribution < 1.29 is 4.79 Å². The van der Waals surface area contributed by atoms with Gasteiger partial charge in [-0.2, -0.15) is 5.10 Å². The van der Waals surface area contributed by atoms with Gasteiger partial charge in [0.2, 0.25) is 5.91 Å². The summed E-state index contributed by atoms with van der Waals surface area (Å²) in [7, 11) is 1.93. The van der Waals surface area contributed by atoms with Crippen LogP contribution in [0.3, 0.4) is 0 Å². The lowest BCUT2D eigenvalue weighted by Crippen LogP contribution is -2.34. The zero-order valence-corrected chi connectivity index (χ0v) is 16.2. The molecular formula is C20H29ClN4O. The molecule has 1 aliphatic heterocycles. The van der Waals surface area contributed by atoms with Crippen LogP contribution in [0.4, 0.5) is 0 Å². The minimum Gasteiger partial charge on any atom is -0.345 e. The van der Waals surface area contributed by atoms with Crippen molar-refractivity contribution in [1.29, 1.82) is 0 Å². The highest BCUT2D eigenvalue weighted by Crippen LogP contribution is 2.18. The maximum Gasteiger partial charge on any atom is 0.226 e. The Balaban J connectivity index is 0.00000243. The lowest BCUT2D eigenvalue weighted by atomic mass is 10.1. The summed E-state index contributed by atoms with van der Waals surface area (Å²) in [6, 6.07) is 12.4. The van der Waals surface area contributed by atoms with E-state index in [0.29, 0.717) is 5.91 Å². The number of rotatable bonds is 8. The first-order chi connectivity index (χ1) is 12.2. The van der Waals surface area contributed by atoms with Gasteiger partial charge in [0.05, 0.1) is 11.6 Å². The number of hydrogen-bond acceptors (Lipinski definition) is 3. The van der Waals surface area contributed by atoms with Crippen LogP contribution < -0.4 is 5.32 Å². The van der Waals surface area contributed by atoms with Crippen LogP contribution in [0.2, 0.25) is 0 Å².